The number of anilines is 1. The first-order valence-corrected chi connectivity index (χ1v) is 8.87. The molecule has 2 heterocycles. The molecule has 4 rings (SSSR count). The van der Waals surface area contributed by atoms with Crippen LogP contribution >= 0.6 is 11.6 Å². The molecule has 27 heavy (non-hydrogen) atoms. The predicted octanol–water partition coefficient (Wildman–Crippen LogP) is 3.49. The first-order valence-electron chi connectivity index (χ1n) is 8.49. The number of halogens is 2. The van der Waals surface area contributed by atoms with Crippen LogP contribution in [0.5, 0.6) is 0 Å². The van der Waals surface area contributed by atoms with Gasteiger partial charge in [-0.05, 0) is 42.5 Å². The van der Waals surface area contributed by atoms with E-state index in [0.29, 0.717) is 36.8 Å². The van der Waals surface area contributed by atoms with E-state index in [1.54, 1.807) is 41.3 Å². The topological polar surface area (TPSA) is 62.5 Å². The van der Waals surface area contributed by atoms with Crippen LogP contribution in [-0.2, 0) is 0 Å². The summed E-state index contributed by atoms with van der Waals surface area (Å²) in [5, 5.41) is 8.37. The van der Waals surface area contributed by atoms with Gasteiger partial charge in [-0.2, -0.15) is 0 Å². The fourth-order valence-electron chi connectivity index (χ4n) is 3.00. The quantitative estimate of drug-likeness (QED) is 0.689. The molecule has 0 bridgehead atoms. The van der Waals surface area contributed by atoms with Crippen molar-refractivity contribution in [2.24, 2.45) is 0 Å². The lowest BCUT2D eigenvalue weighted by atomic mass is 10.2. The molecule has 0 aliphatic carbocycles. The largest absolute Gasteiger partial charge is 0.412 e. The van der Waals surface area contributed by atoms with Crippen LogP contribution in [-0.4, -0.2) is 47.2 Å². The van der Waals surface area contributed by atoms with Crippen LogP contribution in [0.4, 0.5) is 10.1 Å². The minimum Gasteiger partial charge on any atom is -0.412 e. The van der Waals surface area contributed by atoms with Crippen molar-refractivity contribution in [3.05, 3.63) is 65.3 Å². The van der Waals surface area contributed by atoms with Crippen molar-refractivity contribution in [1.82, 2.24) is 15.1 Å². The molecule has 1 amide bonds. The lowest BCUT2D eigenvalue weighted by Crippen LogP contribution is -2.48. The normalized spacial score (nSPS) is 14.4. The molecule has 0 unspecified atom stereocenters. The fraction of sp³-hybridized carbons (Fsp3) is 0.211. The molecule has 0 atom stereocenters. The van der Waals surface area contributed by atoms with Crippen LogP contribution in [0.15, 0.2) is 52.9 Å². The smallest absolute Gasteiger partial charge is 0.311 e. The number of amides is 1. The highest BCUT2D eigenvalue weighted by Gasteiger charge is 2.26. The molecule has 6 nitrogen and oxygen atoms in total. The van der Waals surface area contributed by atoms with Gasteiger partial charge in [0.1, 0.15) is 5.82 Å². The number of rotatable bonds is 3. The monoisotopic (exact) mass is 386 g/mol. The number of benzene rings is 2. The third-order valence-electron chi connectivity index (χ3n) is 4.44. The molecule has 1 aliphatic rings. The SMILES string of the molecule is O=C(c1nnc(-c2cccc(Cl)c2)o1)N1CCN(c2ccc(F)cc2)CC1. The van der Waals surface area contributed by atoms with E-state index in [4.69, 9.17) is 16.0 Å². The Labute approximate surface area is 160 Å². The van der Waals surface area contributed by atoms with E-state index < -0.39 is 0 Å². The van der Waals surface area contributed by atoms with Gasteiger partial charge >= 0.3 is 11.8 Å². The first-order chi connectivity index (χ1) is 13.1. The molecule has 1 aliphatic heterocycles. The van der Waals surface area contributed by atoms with Gasteiger partial charge in [-0.15, -0.1) is 10.2 Å². The number of piperazine rings is 1. The number of carbonyl (C=O) groups excluding carboxylic acids is 1. The zero-order valence-corrected chi connectivity index (χ0v) is 15.1. The average molecular weight is 387 g/mol. The lowest BCUT2D eigenvalue weighted by molar-refractivity contribution is 0.0707. The summed E-state index contributed by atoms with van der Waals surface area (Å²) < 4.78 is 18.6. The maximum atomic E-state index is 13.1. The van der Waals surface area contributed by atoms with Crippen molar-refractivity contribution in [1.29, 1.82) is 0 Å². The van der Waals surface area contributed by atoms with E-state index in [-0.39, 0.29) is 23.5 Å². The van der Waals surface area contributed by atoms with E-state index in [0.717, 1.165) is 5.69 Å². The maximum absolute atomic E-state index is 13.1. The second-order valence-corrected chi connectivity index (χ2v) is 6.61. The summed E-state index contributed by atoms with van der Waals surface area (Å²) in [5.41, 5.74) is 1.60. The van der Waals surface area contributed by atoms with Crippen LogP contribution in [0, 0.1) is 5.82 Å². The van der Waals surface area contributed by atoms with E-state index in [1.165, 1.54) is 12.1 Å². The summed E-state index contributed by atoms with van der Waals surface area (Å²) >= 11 is 5.97. The zero-order chi connectivity index (χ0) is 18.8. The minimum absolute atomic E-state index is 0.0415. The molecular weight excluding hydrogens is 371 g/mol. The molecule has 0 radical (unpaired) electrons. The second-order valence-electron chi connectivity index (χ2n) is 6.18. The van der Waals surface area contributed by atoms with Crippen molar-refractivity contribution in [3.63, 3.8) is 0 Å². The Morgan fingerprint density at radius 3 is 2.48 bits per heavy atom. The lowest BCUT2D eigenvalue weighted by Gasteiger charge is -2.35. The number of hydrogen-bond acceptors (Lipinski definition) is 5. The van der Waals surface area contributed by atoms with Crippen molar-refractivity contribution >= 4 is 23.2 Å². The molecular formula is C19H16ClFN4O2. The summed E-state index contributed by atoms with van der Waals surface area (Å²) in [6, 6.07) is 13.3. The Hall–Kier alpha value is -2.93. The van der Waals surface area contributed by atoms with E-state index in [2.05, 4.69) is 15.1 Å². The molecule has 1 fully saturated rings. The fourth-order valence-corrected chi connectivity index (χ4v) is 3.19. The molecule has 138 valence electrons. The summed E-state index contributed by atoms with van der Waals surface area (Å²) in [7, 11) is 0. The molecule has 1 saturated heterocycles. The first kappa shape index (κ1) is 17.5. The molecule has 0 spiro atoms. The Balaban J connectivity index is 1.42. The number of aromatic nitrogens is 2. The van der Waals surface area contributed by atoms with Gasteiger partial charge in [0, 0.05) is 42.5 Å². The number of hydrogen-bond donors (Lipinski definition) is 0. The second kappa shape index (κ2) is 7.36. The van der Waals surface area contributed by atoms with Crippen LogP contribution in [0.3, 0.4) is 0 Å². The highest BCUT2D eigenvalue weighted by atomic mass is 35.5. The van der Waals surface area contributed by atoms with Gasteiger partial charge in [-0.25, -0.2) is 4.39 Å². The highest BCUT2D eigenvalue weighted by Crippen LogP contribution is 2.22. The van der Waals surface area contributed by atoms with Crippen molar-refractivity contribution in [2.75, 3.05) is 31.1 Å². The van der Waals surface area contributed by atoms with Gasteiger partial charge in [0.25, 0.3) is 0 Å². The van der Waals surface area contributed by atoms with Gasteiger partial charge in [-0.1, -0.05) is 17.7 Å². The van der Waals surface area contributed by atoms with E-state index in [9.17, 15) is 9.18 Å². The van der Waals surface area contributed by atoms with Crippen molar-refractivity contribution < 1.29 is 13.6 Å². The van der Waals surface area contributed by atoms with Gasteiger partial charge in [0.05, 0.1) is 0 Å². The molecule has 3 aromatic rings. The van der Waals surface area contributed by atoms with Crippen LogP contribution < -0.4 is 4.90 Å². The average Bonchev–Trinajstić information content (AvgIpc) is 3.18. The Kier molecular flexibility index (Phi) is 4.77. The highest BCUT2D eigenvalue weighted by molar-refractivity contribution is 6.30. The predicted molar refractivity (Wildman–Crippen MR) is 99.3 cm³/mol. The third kappa shape index (κ3) is 3.78. The van der Waals surface area contributed by atoms with Crippen LogP contribution in [0.2, 0.25) is 5.02 Å². The molecule has 0 N–H and O–H groups in total. The van der Waals surface area contributed by atoms with Gasteiger partial charge in [0.15, 0.2) is 0 Å². The summed E-state index contributed by atoms with van der Waals surface area (Å²) in [4.78, 5) is 16.4. The Bertz CT molecular complexity index is 952. The number of nitrogens with zero attached hydrogens (tertiary/aromatic N) is 4. The van der Waals surface area contributed by atoms with Crippen LogP contribution in [0.1, 0.15) is 10.7 Å². The van der Waals surface area contributed by atoms with Crippen molar-refractivity contribution in [2.45, 2.75) is 0 Å². The molecule has 8 heteroatoms. The van der Waals surface area contributed by atoms with Crippen molar-refractivity contribution in [3.8, 4) is 11.5 Å². The zero-order valence-electron chi connectivity index (χ0n) is 14.3. The Morgan fingerprint density at radius 1 is 1.04 bits per heavy atom. The van der Waals surface area contributed by atoms with Gasteiger partial charge in [0.2, 0.25) is 5.89 Å². The molecule has 1 aromatic heterocycles. The van der Waals surface area contributed by atoms with E-state index >= 15 is 0 Å². The molecule has 2 aromatic carbocycles. The van der Waals surface area contributed by atoms with Crippen LogP contribution in [0.25, 0.3) is 11.5 Å². The summed E-state index contributed by atoms with van der Waals surface area (Å²) in [6.45, 7) is 2.33. The minimum atomic E-state index is -0.297. The van der Waals surface area contributed by atoms with E-state index in [1.807, 2.05) is 0 Å². The van der Waals surface area contributed by atoms with Gasteiger partial charge in [-0.3, -0.25) is 4.79 Å². The Morgan fingerprint density at radius 2 is 1.78 bits per heavy atom. The summed E-state index contributed by atoms with van der Waals surface area (Å²) in [6.07, 6.45) is 0. The maximum Gasteiger partial charge on any atom is 0.311 e. The number of carbonyl (C=O) groups is 1. The van der Waals surface area contributed by atoms with Gasteiger partial charge < -0.3 is 14.2 Å². The molecule has 0 saturated carbocycles. The summed E-state index contributed by atoms with van der Waals surface area (Å²) in [5.74, 6) is -0.347. The standard InChI is InChI=1S/C19H16ClFN4O2/c20-14-3-1-2-13(12-14)17-22-23-18(27-17)19(26)25-10-8-24(9-11-25)16-6-4-15(21)5-7-16/h1-7,12H,8-11H2. The third-order valence-corrected chi connectivity index (χ3v) is 4.67.